The first-order valence-corrected chi connectivity index (χ1v) is 15.5. The standard InChI is InChI=1S/C35H44N4O3/c1-2-3-20-36-35(41)38-32-17-16-30(42-25-27-14-15-27)23-31(32)34(40)37-24-26-18-21-39(22-19-26)33(28-10-6-4-7-11-28)29-12-8-5-9-13-29/h4-13,16-17,23,26-27,33H,2-3,14-15,18-22,24-25H2,1H3,(H,37,40)(H2,36,38,41). The van der Waals surface area contributed by atoms with Gasteiger partial charge in [-0.3, -0.25) is 9.69 Å². The maximum atomic E-state index is 13.4. The summed E-state index contributed by atoms with van der Waals surface area (Å²) in [4.78, 5) is 28.5. The Bertz CT molecular complexity index is 1250. The van der Waals surface area contributed by atoms with Crippen molar-refractivity contribution in [3.05, 3.63) is 95.6 Å². The summed E-state index contributed by atoms with van der Waals surface area (Å²) < 4.78 is 5.95. The van der Waals surface area contributed by atoms with Crippen LogP contribution in [0.15, 0.2) is 78.9 Å². The largest absolute Gasteiger partial charge is 0.493 e. The minimum atomic E-state index is -0.303. The Morgan fingerprint density at radius 1 is 0.857 bits per heavy atom. The van der Waals surface area contributed by atoms with Crippen LogP contribution in [0.25, 0.3) is 0 Å². The Labute approximate surface area is 250 Å². The van der Waals surface area contributed by atoms with Crippen molar-refractivity contribution in [2.24, 2.45) is 11.8 Å². The van der Waals surface area contributed by atoms with E-state index in [9.17, 15) is 9.59 Å². The van der Waals surface area contributed by atoms with Crippen LogP contribution in [0, 0.1) is 11.8 Å². The van der Waals surface area contributed by atoms with Crippen molar-refractivity contribution in [1.29, 1.82) is 0 Å². The van der Waals surface area contributed by atoms with Crippen LogP contribution in [-0.2, 0) is 0 Å². The predicted octanol–water partition coefficient (Wildman–Crippen LogP) is 6.63. The van der Waals surface area contributed by atoms with E-state index in [2.05, 4.69) is 88.4 Å². The maximum Gasteiger partial charge on any atom is 0.319 e. The van der Waals surface area contributed by atoms with E-state index >= 15 is 0 Å². The lowest BCUT2D eigenvalue weighted by Gasteiger charge is -2.38. The van der Waals surface area contributed by atoms with E-state index in [0.717, 1.165) is 38.8 Å². The van der Waals surface area contributed by atoms with Crippen molar-refractivity contribution >= 4 is 17.6 Å². The van der Waals surface area contributed by atoms with Crippen molar-refractivity contribution in [3.63, 3.8) is 0 Å². The Kier molecular flexibility index (Phi) is 10.5. The van der Waals surface area contributed by atoms with Gasteiger partial charge < -0.3 is 20.7 Å². The molecule has 1 aliphatic carbocycles. The van der Waals surface area contributed by atoms with E-state index in [0.29, 0.717) is 48.5 Å². The van der Waals surface area contributed by atoms with E-state index in [1.807, 2.05) is 6.07 Å². The maximum absolute atomic E-state index is 13.4. The van der Waals surface area contributed by atoms with Gasteiger partial charge in [0.15, 0.2) is 0 Å². The van der Waals surface area contributed by atoms with Crippen molar-refractivity contribution in [1.82, 2.24) is 15.5 Å². The zero-order valence-electron chi connectivity index (χ0n) is 24.7. The number of hydrogen-bond acceptors (Lipinski definition) is 4. The summed E-state index contributed by atoms with van der Waals surface area (Å²) in [5.74, 6) is 1.47. The van der Waals surface area contributed by atoms with Crippen LogP contribution in [0.5, 0.6) is 5.75 Å². The highest BCUT2D eigenvalue weighted by atomic mass is 16.5. The molecule has 1 aliphatic heterocycles. The van der Waals surface area contributed by atoms with Crippen LogP contribution in [0.1, 0.15) is 73.0 Å². The Balaban J connectivity index is 1.20. The van der Waals surface area contributed by atoms with Gasteiger partial charge in [-0.25, -0.2) is 4.79 Å². The van der Waals surface area contributed by atoms with Gasteiger partial charge in [0.05, 0.1) is 23.9 Å². The highest BCUT2D eigenvalue weighted by Gasteiger charge is 2.28. The monoisotopic (exact) mass is 568 g/mol. The summed E-state index contributed by atoms with van der Waals surface area (Å²) in [6, 6.07) is 26.7. The Hall–Kier alpha value is -3.84. The molecule has 0 bridgehead atoms. The number of urea groups is 1. The van der Waals surface area contributed by atoms with Gasteiger partial charge in [-0.05, 0) is 86.4 Å². The molecule has 0 spiro atoms. The quantitative estimate of drug-likeness (QED) is 0.202. The third kappa shape index (κ3) is 8.35. The molecule has 0 unspecified atom stereocenters. The van der Waals surface area contributed by atoms with E-state index in [1.165, 1.54) is 24.0 Å². The molecule has 3 aromatic rings. The highest BCUT2D eigenvalue weighted by molar-refractivity contribution is 6.03. The average molecular weight is 569 g/mol. The van der Waals surface area contributed by atoms with Crippen LogP contribution in [0.3, 0.4) is 0 Å². The highest BCUT2D eigenvalue weighted by Crippen LogP contribution is 2.33. The number of ether oxygens (including phenoxy) is 1. The SMILES string of the molecule is CCCCNC(=O)Nc1ccc(OCC2CC2)cc1C(=O)NCC1CCN(C(c2ccccc2)c2ccccc2)CC1. The molecule has 2 fully saturated rings. The minimum absolute atomic E-state index is 0.190. The molecule has 1 saturated heterocycles. The third-order valence-electron chi connectivity index (χ3n) is 8.28. The molecule has 7 nitrogen and oxygen atoms in total. The molecule has 5 rings (SSSR count). The number of carbonyl (C=O) groups excluding carboxylic acids is 2. The lowest BCUT2D eigenvalue weighted by atomic mass is 9.91. The predicted molar refractivity (Wildman–Crippen MR) is 168 cm³/mol. The van der Waals surface area contributed by atoms with Gasteiger partial charge in [-0.15, -0.1) is 0 Å². The number of unbranched alkanes of at least 4 members (excludes halogenated alkanes) is 1. The number of likely N-dealkylation sites (tertiary alicyclic amines) is 1. The van der Waals surface area contributed by atoms with Crippen LogP contribution in [0.4, 0.5) is 10.5 Å². The van der Waals surface area contributed by atoms with E-state index in [4.69, 9.17) is 4.74 Å². The Morgan fingerprint density at radius 2 is 1.52 bits per heavy atom. The first-order chi connectivity index (χ1) is 20.6. The van der Waals surface area contributed by atoms with Crippen LogP contribution in [0.2, 0.25) is 0 Å². The molecule has 3 aromatic carbocycles. The molecule has 3 N–H and O–H groups in total. The smallest absolute Gasteiger partial charge is 0.319 e. The molecule has 0 aromatic heterocycles. The number of amides is 3. The fourth-order valence-electron chi connectivity index (χ4n) is 5.59. The second kappa shape index (κ2) is 14.9. The summed E-state index contributed by atoms with van der Waals surface area (Å²) >= 11 is 0. The minimum Gasteiger partial charge on any atom is -0.493 e. The first kappa shape index (κ1) is 29.6. The Morgan fingerprint density at radius 3 is 2.14 bits per heavy atom. The van der Waals surface area contributed by atoms with E-state index < -0.39 is 0 Å². The molecule has 222 valence electrons. The van der Waals surface area contributed by atoms with E-state index in [1.54, 1.807) is 12.1 Å². The molecule has 7 heteroatoms. The van der Waals surface area contributed by atoms with Crippen molar-refractivity contribution in [2.45, 2.75) is 51.5 Å². The summed E-state index contributed by atoms with van der Waals surface area (Å²) in [5, 5.41) is 8.89. The molecule has 0 atom stereocenters. The van der Waals surface area contributed by atoms with Gasteiger partial charge >= 0.3 is 6.03 Å². The third-order valence-corrected chi connectivity index (χ3v) is 8.28. The van der Waals surface area contributed by atoms with Gasteiger partial charge in [0.2, 0.25) is 0 Å². The summed E-state index contributed by atoms with van der Waals surface area (Å²) in [7, 11) is 0. The van der Waals surface area contributed by atoms with Crippen LogP contribution in [-0.4, -0.2) is 49.6 Å². The number of nitrogens with one attached hydrogen (secondary N) is 3. The lowest BCUT2D eigenvalue weighted by Crippen LogP contribution is -2.40. The topological polar surface area (TPSA) is 82.7 Å². The summed E-state index contributed by atoms with van der Waals surface area (Å²) in [6.45, 7) is 5.87. The van der Waals surface area contributed by atoms with Crippen molar-refractivity contribution in [2.75, 3.05) is 38.1 Å². The molecular formula is C35H44N4O3. The number of rotatable bonds is 13. The van der Waals surface area contributed by atoms with Crippen LogP contribution < -0.4 is 20.7 Å². The average Bonchev–Trinajstić information content (AvgIpc) is 3.86. The molecule has 3 amide bonds. The van der Waals surface area contributed by atoms with Gasteiger partial charge in [-0.1, -0.05) is 74.0 Å². The molecule has 2 aliphatic rings. The fourth-order valence-corrected chi connectivity index (χ4v) is 5.59. The zero-order chi connectivity index (χ0) is 29.1. The van der Waals surface area contributed by atoms with Crippen LogP contribution >= 0.6 is 0 Å². The van der Waals surface area contributed by atoms with Gasteiger partial charge in [0, 0.05) is 13.1 Å². The zero-order valence-corrected chi connectivity index (χ0v) is 24.7. The number of hydrogen-bond donors (Lipinski definition) is 3. The first-order valence-electron chi connectivity index (χ1n) is 15.5. The number of benzene rings is 3. The van der Waals surface area contributed by atoms with Gasteiger partial charge in [0.25, 0.3) is 5.91 Å². The summed E-state index contributed by atoms with van der Waals surface area (Å²) in [6.07, 6.45) is 6.31. The molecule has 1 saturated carbocycles. The van der Waals surface area contributed by atoms with E-state index in [-0.39, 0.29) is 18.0 Å². The molecule has 42 heavy (non-hydrogen) atoms. The molecule has 1 heterocycles. The number of carbonyl (C=O) groups is 2. The summed E-state index contributed by atoms with van der Waals surface area (Å²) in [5.41, 5.74) is 3.53. The molecular weight excluding hydrogens is 524 g/mol. The second-order valence-electron chi connectivity index (χ2n) is 11.6. The van der Waals surface area contributed by atoms with Crippen molar-refractivity contribution < 1.29 is 14.3 Å². The number of anilines is 1. The van der Waals surface area contributed by atoms with Gasteiger partial charge in [0.1, 0.15) is 5.75 Å². The number of piperidine rings is 1. The van der Waals surface area contributed by atoms with Crippen molar-refractivity contribution in [3.8, 4) is 5.75 Å². The number of nitrogens with zero attached hydrogens (tertiary/aromatic N) is 1. The lowest BCUT2D eigenvalue weighted by molar-refractivity contribution is 0.0931. The van der Waals surface area contributed by atoms with Gasteiger partial charge in [-0.2, -0.15) is 0 Å². The fraction of sp³-hybridized carbons (Fsp3) is 0.429. The second-order valence-corrected chi connectivity index (χ2v) is 11.6. The normalized spacial score (nSPS) is 15.8. The molecule has 0 radical (unpaired) electrons.